The summed E-state index contributed by atoms with van der Waals surface area (Å²) < 4.78 is 41.4. The standard InChI is InChI=1S/C11H15F3N2O/c1-3-9(15)10-5-4-8(6-16-10)17-7(2)11(12,13)14/h4-7,9H,3,15H2,1-2H3/t7?,9-/m1/s1. The molecule has 6 heteroatoms. The van der Waals surface area contributed by atoms with Crippen LogP contribution in [0.4, 0.5) is 13.2 Å². The molecule has 96 valence electrons. The lowest BCUT2D eigenvalue weighted by Gasteiger charge is -2.17. The molecule has 0 aliphatic heterocycles. The summed E-state index contributed by atoms with van der Waals surface area (Å²) in [6.45, 7) is 2.86. The first kappa shape index (κ1) is 13.8. The first-order valence-electron chi connectivity index (χ1n) is 5.29. The Morgan fingerprint density at radius 1 is 1.41 bits per heavy atom. The minimum Gasteiger partial charge on any atom is -0.480 e. The van der Waals surface area contributed by atoms with Crippen LogP contribution in [0.2, 0.25) is 0 Å². The van der Waals surface area contributed by atoms with Gasteiger partial charge in [0.25, 0.3) is 0 Å². The van der Waals surface area contributed by atoms with Crippen LogP contribution in [0.15, 0.2) is 18.3 Å². The Hall–Kier alpha value is -1.30. The number of halogens is 3. The number of nitrogens with zero attached hydrogens (tertiary/aromatic N) is 1. The molecule has 0 saturated carbocycles. The molecule has 1 aromatic heterocycles. The fraction of sp³-hybridized carbons (Fsp3) is 0.545. The molecule has 1 unspecified atom stereocenters. The number of nitrogens with two attached hydrogens (primary N) is 1. The van der Waals surface area contributed by atoms with Gasteiger partial charge in [0, 0.05) is 6.04 Å². The first-order valence-corrected chi connectivity index (χ1v) is 5.29. The van der Waals surface area contributed by atoms with Crippen molar-refractivity contribution in [2.24, 2.45) is 5.73 Å². The number of pyridine rings is 1. The van der Waals surface area contributed by atoms with Crippen LogP contribution in [0, 0.1) is 0 Å². The van der Waals surface area contributed by atoms with Crippen LogP contribution >= 0.6 is 0 Å². The number of aromatic nitrogens is 1. The lowest BCUT2D eigenvalue weighted by molar-refractivity contribution is -0.189. The quantitative estimate of drug-likeness (QED) is 0.891. The molecule has 1 heterocycles. The molecule has 0 bridgehead atoms. The predicted molar refractivity (Wildman–Crippen MR) is 57.6 cm³/mol. The van der Waals surface area contributed by atoms with Crippen LogP contribution in [-0.4, -0.2) is 17.3 Å². The second-order valence-corrected chi connectivity index (χ2v) is 3.74. The molecule has 2 atom stereocenters. The highest BCUT2D eigenvalue weighted by atomic mass is 19.4. The first-order chi connectivity index (χ1) is 7.84. The molecule has 3 nitrogen and oxygen atoms in total. The van der Waals surface area contributed by atoms with Crippen LogP contribution in [0.25, 0.3) is 0 Å². The molecule has 2 N–H and O–H groups in total. The van der Waals surface area contributed by atoms with Gasteiger partial charge in [-0.25, -0.2) is 0 Å². The molecule has 0 aliphatic carbocycles. The van der Waals surface area contributed by atoms with E-state index in [4.69, 9.17) is 10.5 Å². The maximum Gasteiger partial charge on any atom is 0.425 e. The Morgan fingerprint density at radius 2 is 2.06 bits per heavy atom. The largest absolute Gasteiger partial charge is 0.480 e. The van der Waals surface area contributed by atoms with E-state index in [1.165, 1.54) is 12.3 Å². The lowest BCUT2D eigenvalue weighted by atomic mass is 10.1. The van der Waals surface area contributed by atoms with E-state index < -0.39 is 12.3 Å². The van der Waals surface area contributed by atoms with Gasteiger partial charge in [0.05, 0.1) is 11.9 Å². The molecule has 0 saturated heterocycles. The Balaban J connectivity index is 2.69. The summed E-state index contributed by atoms with van der Waals surface area (Å²) in [5.41, 5.74) is 6.37. The van der Waals surface area contributed by atoms with Crippen LogP contribution < -0.4 is 10.5 Å². The number of alkyl halides is 3. The van der Waals surface area contributed by atoms with Gasteiger partial charge in [-0.2, -0.15) is 13.2 Å². The third-order valence-electron chi connectivity index (χ3n) is 2.35. The maximum absolute atomic E-state index is 12.2. The fourth-order valence-electron chi connectivity index (χ4n) is 1.16. The van der Waals surface area contributed by atoms with Crippen LogP contribution in [0.3, 0.4) is 0 Å². The summed E-state index contributed by atoms with van der Waals surface area (Å²) in [6.07, 6.45) is -4.26. The Kier molecular flexibility index (Phi) is 4.34. The van der Waals surface area contributed by atoms with E-state index in [0.717, 1.165) is 6.92 Å². The van der Waals surface area contributed by atoms with E-state index in [2.05, 4.69) is 4.98 Å². The summed E-state index contributed by atoms with van der Waals surface area (Å²) in [4.78, 5) is 3.97. The van der Waals surface area contributed by atoms with Crippen molar-refractivity contribution < 1.29 is 17.9 Å². The predicted octanol–water partition coefficient (Wildman–Crippen LogP) is 2.82. The number of hydrogen-bond donors (Lipinski definition) is 1. The average Bonchev–Trinajstić information content (AvgIpc) is 2.27. The zero-order valence-corrected chi connectivity index (χ0v) is 9.66. The number of hydrogen-bond acceptors (Lipinski definition) is 3. The summed E-state index contributed by atoms with van der Waals surface area (Å²) >= 11 is 0. The summed E-state index contributed by atoms with van der Waals surface area (Å²) in [5.74, 6) is 0.0851. The van der Waals surface area contributed by atoms with Crippen LogP contribution in [0.5, 0.6) is 5.75 Å². The summed E-state index contributed by atoms with van der Waals surface area (Å²) in [5, 5.41) is 0. The minimum atomic E-state index is -4.38. The monoisotopic (exact) mass is 248 g/mol. The summed E-state index contributed by atoms with van der Waals surface area (Å²) in [7, 11) is 0. The third kappa shape index (κ3) is 3.89. The number of ether oxygens (including phenoxy) is 1. The molecular weight excluding hydrogens is 233 g/mol. The SMILES string of the molecule is CC[C@@H](N)c1ccc(OC(C)C(F)(F)F)cn1. The molecule has 0 fully saturated rings. The molecule has 0 aliphatic rings. The van der Waals surface area contributed by atoms with Crippen molar-refractivity contribution in [1.29, 1.82) is 0 Å². The molecular formula is C11H15F3N2O. The fourth-order valence-corrected chi connectivity index (χ4v) is 1.16. The van der Waals surface area contributed by atoms with E-state index in [1.807, 2.05) is 6.92 Å². The third-order valence-corrected chi connectivity index (χ3v) is 2.35. The van der Waals surface area contributed by atoms with Gasteiger partial charge in [-0.15, -0.1) is 0 Å². The van der Waals surface area contributed by atoms with Gasteiger partial charge in [0.1, 0.15) is 5.75 Å². The number of rotatable bonds is 4. The molecule has 0 aromatic carbocycles. The zero-order valence-electron chi connectivity index (χ0n) is 9.66. The highest BCUT2D eigenvalue weighted by Crippen LogP contribution is 2.25. The van der Waals surface area contributed by atoms with Crippen molar-refractivity contribution in [2.45, 2.75) is 38.6 Å². The maximum atomic E-state index is 12.2. The topological polar surface area (TPSA) is 48.1 Å². The van der Waals surface area contributed by atoms with Gasteiger partial charge in [0.15, 0.2) is 6.10 Å². The Morgan fingerprint density at radius 3 is 2.47 bits per heavy atom. The van der Waals surface area contributed by atoms with E-state index >= 15 is 0 Å². The zero-order chi connectivity index (χ0) is 13.1. The van der Waals surface area contributed by atoms with Gasteiger partial charge in [0.2, 0.25) is 0 Å². The Labute approximate surface area is 97.8 Å². The van der Waals surface area contributed by atoms with Crippen molar-refractivity contribution in [3.05, 3.63) is 24.0 Å². The second-order valence-electron chi connectivity index (χ2n) is 3.74. The van der Waals surface area contributed by atoms with E-state index in [-0.39, 0.29) is 11.8 Å². The van der Waals surface area contributed by atoms with Gasteiger partial charge in [-0.1, -0.05) is 6.92 Å². The molecule has 1 aromatic rings. The molecule has 0 amide bonds. The smallest absolute Gasteiger partial charge is 0.425 e. The van der Waals surface area contributed by atoms with Gasteiger partial charge < -0.3 is 10.5 Å². The molecule has 1 rings (SSSR count). The average molecular weight is 248 g/mol. The lowest BCUT2D eigenvalue weighted by Crippen LogP contribution is -2.31. The van der Waals surface area contributed by atoms with Crippen molar-refractivity contribution in [3.8, 4) is 5.75 Å². The van der Waals surface area contributed by atoms with Gasteiger partial charge in [-0.05, 0) is 25.5 Å². The van der Waals surface area contributed by atoms with Gasteiger partial charge >= 0.3 is 6.18 Å². The van der Waals surface area contributed by atoms with Crippen LogP contribution in [0.1, 0.15) is 32.0 Å². The van der Waals surface area contributed by atoms with Gasteiger partial charge in [-0.3, -0.25) is 4.98 Å². The second kappa shape index (κ2) is 5.35. The normalized spacial score (nSPS) is 15.4. The van der Waals surface area contributed by atoms with Crippen molar-refractivity contribution in [3.63, 3.8) is 0 Å². The minimum absolute atomic E-state index is 0.0851. The molecule has 0 spiro atoms. The van der Waals surface area contributed by atoms with E-state index in [1.54, 1.807) is 6.07 Å². The highest BCUT2D eigenvalue weighted by molar-refractivity contribution is 5.21. The van der Waals surface area contributed by atoms with E-state index in [0.29, 0.717) is 12.1 Å². The molecule has 17 heavy (non-hydrogen) atoms. The van der Waals surface area contributed by atoms with Crippen molar-refractivity contribution >= 4 is 0 Å². The van der Waals surface area contributed by atoms with E-state index in [9.17, 15) is 13.2 Å². The van der Waals surface area contributed by atoms with Crippen molar-refractivity contribution in [2.75, 3.05) is 0 Å². The van der Waals surface area contributed by atoms with Crippen LogP contribution in [-0.2, 0) is 0 Å². The highest BCUT2D eigenvalue weighted by Gasteiger charge is 2.38. The summed E-state index contributed by atoms with van der Waals surface area (Å²) in [6, 6.07) is 2.82. The molecule has 0 radical (unpaired) electrons. The van der Waals surface area contributed by atoms with Crippen molar-refractivity contribution in [1.82, 2.24) is 4.98 Å². The Bertz CT molecular complexity index is 351.